The second kappa shape index (κ2) is 7.66. The van der Waals surface area contributed by atoms with Gasteiger partial charge in [-0.25, -0.2) is 22.8 Å². The number of amides is 1. The molecule has 0 bridgehead atoms. The van der Waals surface area contributed by atoms with E-state index in [1.165, 1.54) is 13.0 Å². The first-order valence-corrected chi connectivity index (χ1v) is 11.1. The van der Waals surface area contributed by atoms with E-state index in [4.69, 9.17) is 0 Å². The van der Waals surface area contributed by atoms with Crippen molar-refractivity contribution in [1.29, 1.82) is 0 Å². The quantitative estimate of drug-likeness (QED) is 0.676. The van der Waals surface area contributed by atoms with Crippen molar-refractivity contribution >= 4 is 21.6 Å². The van der Waals surface area contributed by atoms with Gasteiger partial charge >= 0.3 is 0 Å². The number of carbonyl (C=O) groups excluding carboxylic acids is 1. The third-order valence-electron chi connectivity index (χ3n) is 5.14. The monoisotopic (exact) mass is 425 g/mol. The molecule has 1 N–H and O–H groups in total. The first-order chi connectivity index (χ1) is 14.2. The van der Waals surface area contributed by atoms with Crippen molar-refractivity contribution in [2.45, 2.75) is 38.6 Å². The van der Waals surface area contributed by atoms with Crippen molar-refractivity contribution in [3.63, 3.8) is 0 Å². The van der Waals surface area contributed by atoms with E-state index in [1.807, 2.05) is 32.0 Å². The average Bonchev–Trinajstić information content (AvgIpc) is 3.29. The fourth-order valence-corrected chi connectivity index (χ4v) is 4.71. The van der Waals surface area contributed by atoms with Crippen LogP contribution in [0.3, 0.4) is 0 Å². The van der Waals surface area contributed by atoms with Gasteiger partial charge in [-0.05, 0) is 61.7 Å². The number of aromatic nitrogens is 3. The summed E-state index contributed by atoms with van der Waals surface area (Å²) in [6.07, 6.45) is 2.29. The summed E-state index contributed by atoms with van der Waals surface area (Å²) in [6, 6.07) is 10.5. The van der Waals surface area contributed by atoms with Gasteiger partial charge in [0.1, 0.15) is 0 Å². The number of hydrogen-bond donors (Lipinski definition) is 1. The first-order valence-electron chi connectivity index (χ1n) is 9.64. The summed E-state index contributed by atoms with van der Waals surface area (Å²) >= 11 is 0. The number of nitrogens with zero attached hydrogens (tertiary/aromatic N) is 4. The van der Waals surface area contributed by atoms with Gasteiger partial charge in [-0.1, -0.05) is 6.07 Å². The molecule has 0 aliphatic carbocycles. The number of anilines is 1. The second-order valence-electron chi connectivity index (χ2n) is 7.40. The van der Waals surface area contributed by atoms with E-state index in [0.29, 0.717) is 18.8 Å². The van der Waals surface area contributed by atoms with Crippen LogP contribution in [0.1, 0.15) is 29.4 Å². The fraction of sp³-hybridized carbons (Fsp3) is 0.286. The molecule has 3 heterocycles. The van der Waals surface area contributed by atoms with Crippen LogP contribution >= 0.6 is 0 Å². The summed E-state index contributed by atoms with van der Waals surface area (Å²) in [6.45, 7) is 6.09. The summed E-state index contributed by atoms with van der Waals surface area (Å²) < 4.78 is 29.8. The predicted octanol–water partition coefficient (Wildman–Crippen LogP) is 2.27. The van der Waals surface area contributed by atoms with E-state index >= 15 is 0 Å². The molecule has 0 saturated carbocycles. The molecule has 1 amide bonds. The molecule has 8 nitrogen and oxygen atoms in total. The smallest absolute Gasteiger partial charge is 0.240 e. The minimum atomic E-state index is -3.68. The van der Waals surface area contributed by atoms with Gasteiger partial charge in [0.15, 0.2) is 5.82 Å². The highest BCUT2D eigenvalue weighted by molar-refractivity contribution is 7.89. The van der Waals surface area contributed by atoms with Crippen LogP contribution in [0.5, 0.6) is 0 Å². The zero-order chi connectivity index (χ0) is 21.5. The molecule has 0 radical (unpaired) electrons. The van der Waals surface area contributed by atoms with Crippen LogP contribution in [-0.4, -0.2) is 35.6 Å². The van der Waals surface area contributed by atoms with E-state index in [1.54, 1.807) is 27.9 Å². The minimum Gasteiger partial charge on any atom is -0.312 e. The lowest BCUT2D eigenvalue weighted by atomic mass is 10.2. The van der Waals surface area contributed by atoms with Gasteiger partial charge in [-0.3, -0.25) is 4.79 Å². The maximum absolute atomic E-state index is 12.7. The summed E-state index contributed by atoms with van der Waals surface area (Å²) in [5, 5.41) is 4.40. The lowest BCUT2D eigenvalue weighted by Crippen LogP contribution is -2.26. The van der Waals surface area contributed by atoms with Crippen molar-refractivity contribution in [3.05, 3.63) is 65.1 Å². The van der Waals surface area contributed by atoms with Crippen LogP contribution in [0.15, 0.2) is 47.5 Å². The Morgan fingerprint density at radius 1 is 1.17 bits per heavy atom. The fourth-order valence-electron chi connectivity index (χ4n) is 3.64. The van der Waals surface area contributed by atoms with Crippen molar-refractivity contribution in [3.8, 4) is 5.82 Å². The molecule has 2 aromatic heterocycles. The lowest BCUT2D eigenvalue weighted by molar-refractivity contribution is -0.116. The molecule has 30 heavy (non-hydrogen) atoms. The Labute approximate surface area is 175 Å². The molecule has 4 rings (SSSR count). The van der Waals surface area contributed by atoms with Gasteiger partial charge in [0.05, 0.1) is 10.6 Å². The van der Waals surface area contributed by atoms with Crippen LogP contribution in [0.25, 0.3) is 5.82 Å². The first kappa shape index (κ1) is 20.2. The van der Waals surface area contributed by atoms with Gasteiger partial charge in [0, 0.05) is 37.6 Å². The van der Waals surface area contributed by atoms with E-state index < -0.39 is 10.0 Å². The maximum Gasteiger partial charge on any atom is 0.240 e. The Morgan fingerprint density at radius 2 is 1.97 bits per heavy atom. The van der Waals surface area contributed by atoms with Crippen molar-refractivity contribution in [2.24, 2.45) is 0 Å². The molecule has 1 aliphatic rings. The Hall–Kier alpha value is -3.04. The van der Waals surface area contributed by atoms with Crippen molar-refractivity contribution < 1.29 is 13.2 Å². The molecule has 1 aliphatic heterocycles. The van der Waals surface area contributed by atoms with Crippen LogP contribution in [0.2, 0.25) is 0 Å². The summed E-state index contributed by atoms with van der Waals surface area (Å²) in [4.78, 5) is 17.9. The number of fused-ring (bicyclic) bond motifs is 1. The van der Waals surface area contributed by atoms with Gasteiger partial charge in [0.2, 0.25) is 15.9 Å². The van der Waals surface area contributed by atoms with E-state index in [0.717, 1.165) is 28.2 Å². The number of rotatable bonds is 5. The molecular formula is C21H23N5O3S. The molecule has 0 unspecified atom stereocenters. The van der Waals surface area contributed by atoms with Gasteiger partial charge in [-0.15, -0.1) is 0 Å². The van der Waals surface area contributed by atoms with Crippen molar-refractivity contribution in [1.82, 2.24) is 19.5 Å². The molecule has 0 spiro atoms. The number of nitrogens with one attached hydrogen (secondary N) is 1. The number of pyridine rings is 1. The number of aryl methyl sites for hydroxylation is 2. The average molecular weight is 426 g/mol. The molecule has 156 valence electrons. The number of sulfonamides is 1. The molecular weight excluding hydrogens is 402 g/mol. The van der Waals surface area contributed by atoms with Crippen LogP contribution in [0.4, 0.5) is 5.69 Å². The Bertz CT molecular complexity index is 1220. The molecule has 9 heteroatoms. The topological polar surface area (TPSA) is 97.2 Å². The predicted molar refractivity (Wildman–Crippen MR) is 113 cm³/mol. The summed E-state index contributed by atoms with van der Waals surface area (Å²) in [5.74, 6) is 0.639. The normalized spacial score (nSPS) is 13.5. The summed E-state index contributed by atoms with van der Waals surface area (Å²) in [5.41, 5.74) is 4.28. The number of benzene rings is 1. The van der Waals surface area contributed by atoms with Gasteiger partial charge < -0.3 is 4.90 Å². The van der Waals surface area contributed by atoms with Crippen molar-refractivity contribution in [2.75, 3.05) is 11.4 Å². The van der Waals surface area contributed by atoms with E-state index in [9.17, 15) is 13.2 Å². The molecule has 0 fully saturated rings. The Morgan fingerprint density at radius 3 is 2.60 bits per heavy atom. The van der Waals surface area contributed by atoms with Crippen LogP contribution in [0, 0.1) is 13.8 Å². The highest BCUT2D eigenvalue weighted by Crippen LogP contribution is 2.30. The van der Waals surface area contributed by atoms with Gasteiger partial charge in [0.25, 0.3) is 0 Å². The lowest BCUT2D eigenvalue weighted by Gasteiger charge is -2.15. The number of carbonyl (C=O) groups is 1. The maximum atomic E-state index is 12.7. The third-order valence-corrected chi connectivity index (χ3v) is 6.54. The highest BCUT2D eigenvalue weighted by Gasteiger charge is 2.24. The number of hydrogen-bond acceptors (Lipinski definition) is 5. The molecule has 0 saturated heterocycles. The standard InChI is InChI=1S/C21H23N5O3S/c1-14-10-15(2)26(24-14)21-7-4-17(12-22-21)13-23-30(28,29)19-5-6-20-18(11-19)8-9-25(20)16(3)27/h4-7,10-12,23H,8-9,13H2,1-3H3. The SMILES string of the molecule is CC(=O)N1CCc2cc(S(=O)(=O)NCc3ccc(-n4nc(C)cc4C)nc3)ccc21. The molecule has 3 aromatic rings. The van der Waals surface area contributed by atoms with Gasteiger partial charge in [-0.2, -0.15) is 5.10 Å². The Kier molecular flexibility index (Phi) is 5.17. The largest absolute Gasteiger partial charge is 0.312 e. The summed E-state index contributed by atoms with van der Waals surface area (Å²) in [7, 11) is -3.68. The molecule has 0 atom stereocenters. The van der Waals surface area contributed by atoms with Crippen LogP contribution < -0.4 is 9.62 Å². The minimum absolute atomic E-state index is 0.0427. The highest BCUT2D eigenvalue weighted by atomic mass is 32.2. The zero-order valence-corrected chi connectivity index (χ0v) is 17.9. The second-order valence-corrected chi connectivity index (χ2v) is 9.17. The van der Waals surface area contributed by atoms with E-state index in [-0.39, 0.29) is 17.3 Å². The van der Waals surface area contributed by atoms with Crippen LogP contribution in [-0.2, 0) is 27.8 Å². The Balaban J connectivity index is 1.47. The molecule has 1 aromatic carbocycles. The zero-order valence-electron chi connectivity index (χ0n) is 17.1. The third kappa shape index (κ3) is 3.86. The van der Waals surface area contributed by atoms with E-state index in [2.05, 4.69) is 14.8 Å².